The van der Waals surface area contributed by atoms with E-state index in [0.717, 1.165) is 22.5 Å². The molecule has 8 heteroatoms. The van der Waals surface area contributed by atoms with Crippen LogP contribution in [0.1, 0.15) is 15.9 Å². The van der Waals surface area contributed by atoms with E-state index in [1.165, 1.54) is 0 Å². The van der Waals surface area contributed by atoms with Crippen LogP contribution in [-0.2, 0) is 6.54 Å². The third-order valence-electron chi connectivity index (χ3n) is 3.86. The fourth-order valence-electron chi connectivity index (χ4n) is 2.53. The molecular formula is C20H17N7O. The second kappa shape index (κ2) is 8.47. The summed E-state index contributed by atoms with van der Waals surface area (Å²) in [5, 5.41) is 18.3. The fraction of sp³-hybridized carbons (Fsp3) is 0.150. The van der Waals surface area contributed by atoms with E-state index in [1.807, 2.05) is 25.1 Å². The maximum atomic E-state index is 11.9. The van der Waals surface area contributed by atoms with E-state index in [0.29, 0.717) is 18.1 Å². The Labute approximate surface area is 162 Å². The molecule has 0 saturated carbocycles. The molecule has 0 atom stereocenters. The number of benzene rings is 1. The number of aromatic nitrogens is 4. The lowest BCUT2D eigenvalue weighted by atomic mass is 10.1. The van der Waals surface area contributed by atoms with Gasteiger partial charge in [0, 0.05) is 23.5 Å². The van der Waals surface area contributed by atoms with E-state index in [-0.39, 0.29) is 12.5 Å². The minimum absolute atomic E-state index is 0.0292. The first kappa shape index (κ1) is 18.6. The highest BCUT2D eigenvalue weighted by atomic mass is 16.1. The largest absolute Gasteiger partial charge is 0.339 e. The third kappa shape index (κ3) is 4.32. The summed E-state index contributed by atoms with van der Waals surface area (Å²) in [5.74, 6) is 2.65. The van der Waals surface area contributed by atoms with Gasteiger partial charge in [-0.25, -0.2) is 9.97 Å². The molecular weight excluding hydrogens is 354 g/mol. The number of amides is 1. The van der Waals surface area contributed by atoms with Crippen molar-refractivity contribution in [2.24, 2.45) is 0 Å². The average molecular weight is 371 g/mol. The molecule has 1 amide bonds. The molecule has 3 aromatic rings. The van der Waals surface area contributed by atoms with Gasteiger partial charge in [-0.15, -0.1) is 6.42 Å². The molecule has 0 aliphatic rings. The van der Waals surface area contributed by atoms with Gasteiger partial charge in [-0.1, -0.05) is 18.1 Å². The highest BCUT2D eigenvalue weighted by Crippen LogP contribution is 2.23. The molecule has 3 rings (SSSR count). The van der Waals surface area contributed by atoms with Gasteiger partial charge in [-0.2, -0.15) is 10.4 Å². The van der Waals surface area contributed by atoms with Crippen molar-refractivity contribution in [2.45, 2.75) is 13.5 Å². The van der Waals surface area contributed by atoms with Crippen LogP contribution in [0.5, 0.6) is 0 Å². The molecule has 2 heterocycles. The summed E-state index contributed by atoms with van der Waals surface area (Å²) in [6.45, 7) is 2.27. The molecule has 8 nitrogen and oxygen atoms in total. The first-order chi connectivity index (χ1) is 13.6. The molecule has 0 radical (unpaired) electrons. The van der Waals surface area contributed by atoms with Gasteiger partial charge in [0.1, 0.15) is 13.1 Å². The number of hydrogen-bond donors (Lipinski definition) is 2. The summed E-state index contributed by atoms with van der Waals surface area (Å²) in [4.78, 5) is 20.8. The minimum Gasteiger partial charge on any atom is -0.339 e. The van der Waals surface area contributed by atoms with Crippen molar-refractivity contribution in [1.29, 1.82) is 5.26 Å². The number of rotatable bonds is 6. The molecule has 0 fully saturated rings. The van der Waals surface area contributed by atoms with Crippen LogP contribution < -0.4 is 10.6 Å². The van der Waals surface area contributed by atoms with Crippen LogP contribution in [0, 0.1) is 30.6 Å². The first-order valence-electron chi connectivity index (χ1n) is 8.43. The number of anilines is 2. The van der Waals surface area contributed by atoms with Crippen molar-refractivity contribution in [1.82, 2.24) is 25.1 Å². The van der Waals surface area contributed by atoms with E-state index >= 15 is 0 Å². The average Bonchev–Trinajstić information content (AvgIpc) is 3.15. The van der Waals surface area contributed by atoms with Crippen LogP contribution in [0.15, 0.2) is 42.9 Å². The Morgan fingerprint density at radius 3 is 2.79 bits per heavy atom. The van der Waals surface area contributed by atoms with Crippen molar-refractivity contribution in [3.63, 3.8) is 0 Å². The number of hydrogen-bond acceptors (Lipinski definition) is 6. The van der Waals surface area contributed by atoms with Gasteiger partial charge in [0.25, 0.3) is 5.91 Å². The number of aryl methyl sites for hydroxylation is 1. The van der Waals surface area contributed by atoms with Crippen LogP contribution in [0.2, 0.25) is 0 Å². The minimum atomic E-state index is -0.293. The molecule has 1 aromatic carbocycles. The summed E-state index contributed by atoms with van der Waals surface area (Å²) < 4.78 is 1.63. The molecule has 0 aliphatic carbocycles. The van der Waals surface area contributed by atoms with Gasteiger partial charge < -0.3 is 10.6 Å². The van der Waals surface area contributed by atoms with Crippen molar-refractivity contribution in [3.8, 4) is 29.7 Å². The number of nitrogens with one attached hydrogen (secondary N) is 2. The van der Waals surface area contributed by atoms with Crippen LogP contribution in [0.3, 0.4) is 0 Å². The molecule has 0 saturated heterocycles. The Bertz CT molecular complexity index is 1070. The van der Waals surface area contributed by atoms with Crippen LogP contribution in [0.4, 0.5) is 11.6 Å². The topological polar surface area (TPSA) is 109 Å². The second-order valence-corrected chi connectivity index (χ2v) is 5.90. The van der Waals surface area contributed by atoms with Crippen molar-refractivity contribution in [3.05, 3.63) is 54.0 Å². The summed E-state index contributed by atoms with van der Waals surface area (Å²) in [7, 11) is 0. The molecule has 2 N–H and O–H groups in total. The molecule has 0 unspecified atom stereocenters. The van der Waals surface area contributed by atoms with Crippen molar-refractivity contribution >= 4 is 17.5 Å². The third-order valence-corrected chi connectivity index (χ3v) is 3.86. The molecule has 0 spiro atoms. The normalized spacial score (nSPS) is 9.96. The summed E-state index contributed by atoms with van der Waals surface area (Å²) in [5.41, 5.74) is 3.70. The highest BCUT2D eigenvalue weighted by molar-refractivity contribution is 5.94. The number of nitriles is 1. The highest BCUT2D eigenvalue weighted by Gasteiger charge is 2.10. The van der Waals surface area contributed by atoms with Gasteiger partial charge >= 0.3 is 0 Å². The summed E-state index contributed by atoms with van der Waals surface area (Å²) in [6.07, 6.45) is 10.4. The Kier molecular flexibility index (Phi) is 5.63. The summed E-state index contributed by atoms with van der Waals surface area (Å²) >= 11 is 0. The van der Waals surface area contributed by atoms with E-state index in [9.17, 15) is 4.79 Å². The molecule has 0 bridgehead atoms. The molecule has 2 aromatic heterocycles. The quantitative estimate of drug-likeness (QED) is 0.508. The number of carbonyl (C=O) groups is 1. The zero-order valence-corrected chi connectivity index (χ0v) is 15.2. The van der Waals surface area contributed by atoms with Crippen LogP contribution in [-0.4, -0.2) is 32.2 Å². The standard InChI is InChI=1S/C20H17N7O/c1-3-10-27-13-17(12-24-27)25-20-23-11-14(2)18(26-20)15-4-6-16(7-5-15)19(28)22-9-8-21/h1,4-7,11-13H,9-10H2,2H3,(H,22,28)(H,23,25,26). The summed E-state index contributed by atoms with van der Waals surface area (Å²) in [6, 6.07) is 8.89. The van der Waals surface area contributed by atoms with Gasteiger partial charge in [-0.3, -0.25) is 9.48 Å². The smallest absolute Gasteiger partial charge is 0.252 e. The van der Waals surface area contributed by atoms with E-state index < -0.39 is 0 Å². The SMILES string of the molecule is C#CCn1cc(Nc2ncc(C)c(-c3ccc(C(=O)NCC#N)cc3)n2)cn1. The maximum absolute atomic E-state index is 11.9. The van der Waals surface area contributed by atoms with E-state index in [2.05, 4.69) is 31.6 Å². The molecule has 138 valence electrons. The van der Waals surface area contributed by atoms with E-state index in [1.54, 1.807) is 35.4 Å². The van der Waals surface area contributed by atoms with Gasteiger partial charge in [0.15, 0.2) is 0 Å². The van der Waals surface area contributed by atoms with Gasteiger partial charge in [0.2, 0.25) is 5.95 Å². The lowest BCUT2D eigenvalue weighted by Crippen LogP contribution is -2.23. The van der Waals surface area contributed by atoms with Crippen LogP contribution >= 0.6 is 0 Å². The Morgan fingerprint density at radius 1 is 1.29 bits per heavy atom. The number of terminal acetylenes is 1. The zero-order valence-electron chi connectivity index (χ0n) is 15.2. The van der Waals surface area contributed by atoms with Gasteiger partial charge in [-0.05, 0) is 24.6 Å². The molecule has 0 aliphatic heterocycles. The lowest BCUT2D eigenvalue weighted by Gasteiger charge is -2.09. The zero-order chi connectivity index (χ0) is 19.9. The lowest BCUT2D eigenvalue weighted by molar-refractivity contribution is 0.0958. The first-order valence-corrected chi connectivity index (χ1v) is 8.43. The van der Waals surface area contributed by atoms with Crippen molar-refractivity contribution in [2.75, 3.05) is 11.9 Å². The predicted molar refractivity (Wildman–Crippen MR) is 104 cm³/mol. The molecule has 28 heavy (non-hydrogen) atoms. The number of nitrogens with zero attached hydrogens (tertiary/aromatic N) is 5. The Hall–Kier alpha value is -4.17. The Morgan fingerprint density at radius 2 is 2.07 bits per heavy atom. The maximum Gasteiger partial charge on any atom is 0.252 e. The van der Waals surface area contributed by atoms with Gasteiger partial charge in [0.05, 0.1) is 23.6 Å². The van der Waals surface area contributed by atoms with Crippen LogP contribution in [0.25, 0.3) is 11.3 Å². The van der Waals surface area contributed by atoms with E-state index in [4.69, 9.17) is 11.7 Å². The number of carbonyl (C=O) groups excluding carboxylic acids is 1. The Balaban J connectivity index is 1.80. The van der Waals surface area contributed by atoms with Crippen molar-refractivity contribution < 1.29 is 4.79 Å². The monoisotopic (exact) mass is 371 g/mol. The predicted octanol–water partition coefficient (Wildman–Crippen LogP) is 2.28. The fourth-order valence-corrected chi connectivity index (χ4v) is 2.53. The second-order valence-electron chi connectivity index (χ2n) is 5.90.